The Morgan fingerprint density at radius 2 is 2.28 bits per heavy atom. The lowest BCUT2D eigenvalue weighted by Crippen LogP contribution is -2.25. The molecule has 0 spiro atoms. The molecular formula is C12H16FN5. The largest absolute Gasteiger partial charge is 0.300 e. The van der Waals surface area contributed by atoms with Gasteiger partial charge < -0.3 is 5.32 Å². The Bertz CT molecular complexity index is 485. The van der Waals surface area contributed by atoms with E-state index < -0.39 is 0 Å². The molecule has 2 rings (SSSR count). The third-order valence-corrected chi connectivity index (χ3v) is 2.86. The monoisotopic (exact) mass is 249 g/mol. The van der Waals surface area contributed by atoms with E-state index in [9.17, 15) is 4.39 Å². The fourth-order valence-electron chi connectivity index (χ4n) is 1.90. The van der Waals surface area contributed by atoms with E-state index in [1.54, 1.807) is 12.1 Å². The maximum atomic E-state index is 13.2. The van der Waals surface area contributed by atoms with E-state index in [4.69, 9.17) is 0 Å². The van der Waals surface area contributed by atoms with Gasteiger partial charge in [-0.2, -0.15) is 5.21 Å². The van der Waals surface area contributed by atoms with E-state index >= 15 is 0 Å². The van der Waals surface area contributed by atoms with Crippen LogP contribution in [0.15, 0.2) is 24.3 Å². The fraction of sp³-hybridized carbons (Fsp3) is 0.417. The molecule has 5 nitrogen and oxygen atoms in total. The molecule has 6 heteroatoms. The molecule has 0 saturated carbocycles. The molecule has 2 N–H and O–H groups in total. The molecule has 0 radical (unpaired) electrons. The zero-order valence-corrected chi connectivity index (χ0v) is 10.4. The van der Waals surface area contributed by atoms with Gasteiger partial charge in [0.15, 0.2) is 5.82 Å². The highest BCUT2D eigenvalue weighted by atomic mass is 19.1. The highest BCUT2D eigenvalue weighted by Crippen LogP contribution is 2.20. The fourth-order valence-corrected chi connectivity index (χ4v) is 1.90. The van der Waals surface area contributed by atoms with Gasteiger partial charge in [-0.3, -0.25) is 0 Å². The van der Waals surface area contributed by atoms with Gasteiger partial charge in [0, 0.05) is 6.04 Å². The predicted molar refractivity (Wildman–Crippen MR) is 65.2 cm³/mol. The van der Waals surface area contributed by atoms with Crippen molar-refractivity contribution in [3.8, 4) is 0 Å². The van der Waals surface area contributed by atoms with E-state index in [1.165, 1.54) is 6.07 Å². The second kappa shape index (κ2) is 5.68. The third kappa shape index (κ3) is 2.89. The molecule has 18 heavy (non-hydrogen) atoms. The van der Waals surface area contributed by atoms with Gasteiger partial charge in [0.05, 0.1) is 6.04 Å². The quantitative estimate of drug-likeness (QED) is 0.852. The van der Waals surface area contributed by atoms with Crippen molar-refractivity contribution in [1.29, 1.82) is 0 Å². The number of H-pyrrole nitrogens is 1. The molecule has 0 fully saturated rings. The van der Waals surface area contributed by atoms with Crippen LogP contribution in [0.3, 0.4) is 0 Å². The second-order valence-corrected chi connectivity index (χ2v) is 4.17. The molecule has 1 heterocycles. The van der Waals surface area contributed by atoms with Crippen molar-refractivity contribution in [2.24, 2.45) is 0 Å². The van der Waals surface area contributed by atoms with Crippen molar-refractivity contribution in [1.82, 2.24) is 25.9 Å². The molecule has 96 valence electrons. The Kier molecular flexibility index (Phi) is 3.99. The molecule has 0 aliphatic heterocycles. The predicted octanol–water partition coefficient (Wildman–Crippen LogP) is 2.14. The Balaban J connectivity index is 2.10. The Morgan fingerprint density at radius 1 is 1.44 bits per heavy atom. The number of halogens is 1. The summed E-state index contributed by atoms with van der Waals surface area (Å²) in [5.41, 5.74) is 0.924. The summed E-state index contributed by atoms with van der Waals surface area (Å²) in [6.45, 7) is 4.00. The normalized spacial score (nSPS) is 14.4. The van der Waals surface area contributed by atoms with Gasteiger partial charge >= 0.3 is 0 Å². The van der Waals surface area contributed by atoms with E-state index in [0.717, 1.165) is 12.0 Å². The average molecular weight is 249 g/mol. The van der Waals surface area contributed by atoms with Crippen molar-refractivity contribution in [2.45, 2.75) is 32.4 Å². The van der Waals surface area contributed by atoms with Crippen molar-refractivity contribution >= 4 is 0 Å². The molecule has 0 aliphatic rings. The summed E-state index contributed by atoms with van der Waals surface area (Å²) in [7, 11) is 0. The number of aromatic nitrogens is 4. The van der Waals surface area contributed by atoms with Crippen LogP contribution < -0.4 is 5.32 Å². The Labute approximate surface area is 105 Å². The summed E-state index contributed by atoms with van der Waals surface area (Å²) < 4.78 is 13.2. The summed E-state index contributed by atoms with van der Waals surface area (Å²) in [5, 5.41) is 17.2. The van der Waals surface area contributed by atoms with Gasteiger partial charge in [-0.15, -0.1) is 10.2 Å². The van der Waals surface area contributed by atoms with Crippen LogP contribution in [0.5, 0.6) is 0 Å². The van der Waals surface area contributed by atoms with Gasteiger partial charge in [0.2, 0.25) is 0 Å². The molecular weight excluding hydrogens is 233 g/mol. The van der Waals surface area contributed by atoms with Crippen LogP contribution in [0.25, 0.3) is 0 Å². The van der Waals surface area contributed by atoms with Crippen LogP contribution in [-0.2, 0) is 0 Å². The third-order valence-electron chi connectivity index (χ3n) is 2.86. The summed E-state index contributed by atoms with van der Waals surface area (Å²) in [5.74, 6) is 0.379. The maximum Gasteiger partial charge on any atom is 0.191 e. The summed E-state index contributed by atoms with van der Waals surface area (Å²) in [6.07, 6.45) is 0.853. The topological polar surface area (TPSA) is 66.5 Å². The number of hydrogen-bond acceptors (Lipinski definition) is 4. The standard InChI is InChI=1S/C12H16FN5/c1-3-11(9-5-4-6-10(13)7-9)14-8(2)12-15-17-18-16-12/h4-8,11,14H,3H2,1-2H3,(H,15,16,17,18). The molecule has 2 aromatic rings. The number of hydrogen-bond donors (Lipinski definition) is 2. The van der Waals surface area contributed by atoms with Crippen molar-refractivity contribution in [2.75, 3.05) is 0 Å². The molecule has 2 atom stereocenters. The van der Waals surface area contributed by atoms with Crippen molar-refractivity contribution in [3.63, 3.8) is 0 Å². The zero-order chi connectivity index (χ0) is 13.0. The summed E-state index contributed by atoms with van der Waals surface area (Å²) in [4.78, 5) is 0. The van der Waals surface area contributed by atoms with E-state index in [0.29, 0.717) is 5.82 Å². The summed E-state index contributed by atoms with van der Waals surface area (Å²) in [6, 6.07) is 6.63. The van der Waals surface area contributed by atoms with Crippen LogP contribution in [-0.4, -0.2) is 20.6 Å². The number of nitrogens with zero attached hydrogens (tertiary/aromatic N) is 3. The van der Waals surface area contributed by atoms with Gasteiger partial charge in [-0.25, -0.2) is 4.39 Å². The first-order chi connectivity index (χ1) is 8.70. The van der Waals surface area contributed by atoms with Crippen LogP contribution in [0.4, 0.5) is 4.39 Å². The maximum absolute atomic E-state index is 13.2. The minimum Gasteiger partial charge on any atom is -0.300 e. The molecule has 0 saturated heterocycles. The van der Waals surface area contributed by atoms with E-state index in [-0.39, 0.29) is 17.9 Å². The Hall–Kier alpha value is -1.82. The minimum absolute atomic E-state index is 0.0445. The number of benzene rings is 1. The lowest BCUT2D eigenvalue weighted by Gasteiger charge is -2.20. The number of nitrogens with one attached hydrogen (secondary N) is 2. The first-order valence-corrected chi connectivity index (χ1v) is 5.95. The molecule has 0 aliphatic carbocycles. The van der Waals surface area contributed by atoms with Crippen LogP contribution >= 0.6 is 0 Å². The number of tetrazole rings is 1. The lowest BCUT2D eigenvalue weighted by atomic mass is 10.0. The van der Waals surface area contributed by atoms with Crippen LogP contribution in [0, 0.1) is 5.82 Å². The van der Waals surface area contributed by atoms with Gasteiger partial charge in [-0.1, -0.05) is 24.3 Å². The molecule has 1 aromatic carbocycles. The highest BCUT2D eigenvalue weighted by Gasteiger charge is 2.16. The molecule has 0 bridgehead atoms. The molecule has 0 amide bonds. The average Bonchev–Trinajstić information content (AvgIpc) is 2.89. The van der Waals surface area contributed by atoms with Gasteiger partial charge in [-0.05, 0) is 31.0 Å². The van der Waals surface area contributed by atoms with Crippen molar-refractivity contribution in [3.05, 3.63) is 41.5 Å². The minimum atomic E-state index is -0.222. The second-order valence-electron chi connectivity index (χ2n) is 4.17. The first-order valence-electron chi connectivity index (χ1n) is 5.95. The van der Waals surface area contributed by atoms with Gasteiger partial charge in [0.1, 0.15) is 5.82 Å². The van der Waals surface area contributed by atoms with Gasteiger partial charge in [0.25, 0.3) is 0 Å². The lowest BCUT2D eigenvalue weighted by molar-refractivity contribution is 0.441. The summed E-state index contributed by atoms with van der Waals surface area (Å²) >= 11 is 0. The highest BCUT2D eigenvalue weighted by molar-refractivity contribution is 5.20. The van der Waals surface area contributed by atoms with E-state index in [2.05, 4.69) is 25.9 Å². The SMILES string of the molecule is CCC(NC(C)c1nn[nH]n1)c1cccc(F)c1. The number of rotatable bonds is 5. The van der Waals surface area contributed by atoms with Crippen LogP contribution in [0.2, 0.25) is 0 Å². The molecule has 2 unspecified atom stereocenters. The first kappa shape index (κ1) is 12.6. The molecule has 1 aromatic heterocycles. The number of aromatic amines is 1. The van der Waals surface area contributed by atoms with Crippen LogP contribution in [0.1, 0.15) is 43.7 Å². The van der Waals surface area contributed by atoms with Crippen molar-refractivity contribution < 1.29 is 4.39 Å². The smallest absolute Gasteiger partial charge is 0.191 e. The zero-order valence-electron chi connectivity index (χ0n) is 10.4. The Morgan fingerprint density at radius 3 is 2.89 bits per heavy atom. The van der Waals surface area contributed by atoms with E-state index in [1.807, 2.05) is 19.9 Å².